The van der Waals surface area contributed by atoms with E-state index in [4.69, 9.17) is 24.4 Å². The van der Waals surface area contributed by atoms with Gasteiger partial charge in [0.05, 0.1) is 41.6 Å². The van der Waals surface area contributed by atoms with Crippen LogP contribution in [0, 0.1) is 0 Å². The molecule has 6 aromatic rings. The molecule has 11 nitrogen and oxygen atoms in total. The van der Waals surface area contributed by atoms with Crippen LogP contribution in [0.5, 0.6) is 0 Å². The first-order valence-electron chi connectivity index (χ1n) is 18.5. The minimum absolute atomic E-state index is 0.0490. The van der Waals surface area contributed by atoms with E-state index in [2.05, 4.69) is 34.2 Å². The van der Waals surface area contributed by atoms with E-state index in [9.17, 15) is 9.59 Å². The molecule has 0 radical (unpaired) electrons. The summed E-state index contributed by atoms with van der Waals surface area (Å²) >= 11 is 0. The summed E-state index contributed by atoms with van der Waals surface area (Å²) in [5.74, 6) is 1.44. The molecule has 2 saturated heterocycles. The fourth-order valence-corrected chi connectivity index (χ4v) is 7.80. The number of aromatic nitrogens is 5. The first kappa shape index (κ1) is 35.1. The summed E-state index contributed by atoms with van der Waals surface area (Å²) in [6.07, 6.45) is 7.67. The molecule has 2 fully saturated rings. The Morgan fingerprint density at radius 3 is 1.52 bits per heavy atom. The number of hydrogen-bond donors (Lipinski definition) is 2. The summed E-state index contributed by atoms with van der Waals surface area (Å²) < 4.78 is 11.3. The molecule has 3 aromatic heterocycles. The van der Waals surface area contributed by atoms with Crippen molar-refractivity contribution in [1.82, 2.24) is 34.7 Å². The van der Waals surface area contributed by atoms with Crippen LogP contribution >= 0.6 is 0 Å². The number of carbonyl (C=O) groups excluding carboxylic acids is 2. The van der Waals surface area contributed by atoms with Crippen molar-refractivity contribution in [1.29, 1.82) is 0 Å². The van der Waals surface area contributed by atoms with Gasteiger partial charge >= 0.3 is 0 Å². The zero-order valence-corrected chi connectivity index (χ0v) is 30.4. The normalized spacial score (nSPS) is 18.2. The Morgan fingerprint density at radius 2 is 1.06 bits per heavy atom. The van der Waals surface area contributed by atoms with E-state index < -0.39 is 12.2 Å². The lowest BCUT2D eigenvalue weighted by molar-refractivity contribution is -0.144. The van der Waals surface area contributed by atoms with Gasteiger partial charge in [-0.3, -0.25) is 14.6 Å². The molecular formula is C43H43N7O4. The molecule has 5 heterocycles. The highest BCUT2D eigenvalue weighted by atomic mass is 16.5. The number of pyridine rings is 1. The number of imidazole rings is 2. The van der Waals surface area contributed by atoms with E-state index in [1.54, 1.807) is 14.2 Å². The zero-order chi connectivity index (χ0) is 37.0. The lowest BCUT2D eigenvalue weighted by Crippen LogP contribution is -2.35. The second-order valence-corrected chi connectivity index (χ2v) is 13.8. The molecule has 2 aliphatic rings. The van der Waals surface area contributed by atoms with Crippen molar-refractivity contribution in [2.45, 2.75) is 50.0 Å². The van der Waals surface area contributed by atoms with Gasteiger partial charge in [-0.2, -0.15) is 0 Å². The van der Waals surface area contributed by atoms with Crippen LogP contribution in [0.25, 0.3) is 33.8 Å². The van der Waals surface area contributed by atoms with Gasteiger partial charge in [-0.05, 0) is 54.5 Å². The van der Waals surface area contributed by atoms with Crippen molar-refractivity contribution in [3.63, 3.8) is 0 Å². The molecule has 2 aliphatic heterocycles. The van der Waals surface area contributed by atoms with Crippen molar-refractivity contribution < 1.29 is 19.1 Å². The van der Waals surface area contributed by atoms with Gasteiger partial charge in [-0.15, -0.1) is 0 Å². The van der Waals surface area contributed by atoms with Crippen LogP contribution in [0.3, 0.4) is 0 Å². The van der Waals surface area contributed by atoms with Crippen molar-refractivity contribution in [2.24, 2.45) is 0 Å². The van der Waals surface area contributed by atoms with Crippen LogP contribution in [-0.4, -0.2) is 73.8 Å². The molecule has 2 N–H and O–H groups in total. The molecule has 4 atom stereocenters. The number of methoxy groups -OCH3 is 2. The Morgan fingerprint density at radius 1 is 0.593 bits per heavy atom. The van der Waals surface area contributed by atoms with Crippen LogP contribution in [0.15, 0.2) is 116 Å². The predicted molar refractivity (Wildman–Crippen MR) is 205 cm³/mol. The summed E-state index contributed by atoms with van der Waals surface area (Å²) in [6, 6.07) is 31.2. The largest absolute Gasteiger partial charge is 0.367 e. The first-order chi connectivity index (χ1) is 26.5. The molecule has 0 bridgehead atoms. The van der Waals surface area contributed by atoms with Gasteiger partial charge in [-0.1, -0.05) is 84.9 Å². The van der Waals surface area contributed by atoms with Crippen molar-refractivity contribution in [3.05, 3.63) is 138 Å². The van der Waals surface area contributed by atoms with Gasteiger partial charge < -0.3 is 29.2 Å². The first-order valence-corrected chi connectivity index (χ1v) is 18.5. The molecule has 274 valence electrons. The number of nitrogens with zero attached hydrogens (tertiary/aromatic N) is 5. The van der Waals surface area contributed by atoms with E-state index in [-0.39, 0.29) is 23.9 Å². The number of amides is 2. The molecule has 8 rings (SSSR count). The van der Waals surface area contributed by atoms with Crippen molar-refractivity contribution >= 4 is 11.8 Å². The van der Waals surface area contributed by atoms with Crippen molar-refractivity contribution in [2.75, 3.05) is 27.3 Å². The predicted octanol–water partition coefficient (Wildman–Crippen LogP) is 7.63. The van der Waals surface area contributed by atoms with E-state index in [0.717, 1.165) is 82.2 Å². The number of hydrogen-bond acceptors (Lipinski definition) is 7. The Balaban J connectivity index is 0.924. The minimum Gasteiger partial charge on any atom is -0.367 e. The minimum atomic E-state index is -0.654. The quantitative estimate of drug-likeness (QED) is 0.141. The van der Waals surface area contributed by atoms with Crippen molar-refractivity contribution in [3.8, 4) is 33.8 Å². The number of carbonyl (C=O) groups is 2. The summed E-state index contributed by atoms with van der Waals surface area (Å²) in [5, 5.41) is 0. The summed E-state index contributed by atoms with van der Waals surface area (Å²) in [6.45, 7) is 1.33. The van der Waals surface area contributed by atoms with Crippen LogP contribution < -0.4 is 0 Å². The lowest BCUT2D eigenvalue weighted by Gasteiger charge is -2.27. The summed E-state index contributed by atoms with van der Waals surface area (Å²) in [7, 11) is 3.15. The maximum absolute atomic E-state index is 13.6. The number of H-pyrrole nitrogens is 2. The number of likely N-dealkylation sites (tertiary alicyclic amines) is 2. The molecule has 2 amide bonds. The van der Waals surface area contributed by atoms with Gasteiger partial charge in [-0.25, -0.2) is 9.97 Å². The molecule has 3 aromatic carbocycles. The molecule has 0 spiro atoms. The zero-order valence-electron chi connectivity index (χ0n) is 30.4. The van der Waals surface area contributed by atoms with Gasteiger partial charge in [0.1, 0.15) is 11.6 Å². The number of rotatable bonds is 11. The van der Waals surface area contributed by atoms with E-state index in [0.29, 0.717) is 13.1 Å². The van der Waals surface area contributed by atoms with E-state index in [1.165, 1.54) is 0 Å². The third-order valence-corrected chi connectivity index (χ3v) is 10.6. The second-order valence-electron chi connectivity index (χ2n) is 13.8. The number of aromatic amines is 2. The van der Waals surface area contributed by atoms with Crippen LogP contribution in [-0.2, 0) is 19.1 Å². The second kappa shape index (κ2) is 15.6. The monoisotopic (exact) mass is 721 g/mol. The van der Waals surface area contributed by atoms with E-state index >= 15 is 0 Å². The maximum Gasteiger partial charge on any atom is 0.256 e. The molecule has 0 aliphatic carbocycles. The topological polar surface area (TPSA) is 129 Å². The van der Waals surface area contributed by atoms with Gasteiger partial charge in [0.25, 0.3) is 11.8 Å². The fraction of sp³-hybridized carbons (Fsp3) is 0.279. The Kier molecular flexibility index (Phi) is 10.1. The van der Waals surface area contributed by atoms with Gasteiger partial charge in [0.15, 0.2) is 12.2 Å². The highest BCUT2D eigenvalue weighted by molar-refractivity contribution is 5.83. The van der Waals surface area contributed by atoms with E-state index in [1.807, 2.05) is 101 Å². The molecule has 11 heteroatoms. The molecule has 2 unspecified atom stereocenters. The fourth-order valence-electron chi connectivity index (χ4n) is 7.80. The van der Waals surface area contributed by atoms with Crippen LogP contribution in [0.1, 0.15) is 72.8 Å². The third kappa shape index (κ3) is 6.95. The molecular weight excluding hydrogens is 679 g/mol. The highest BCUT2D eigenvalue weighted by Gasteiger charge is 2.37. The van der Waals surface area contributed by atoms with Crippen LogP contribution in [0.4, 0.5) is 0 Å². The average Bonchev–Trinajstić information content (AvgIpc) is 4.07. The summed E-state index contributed by atoms with van der Waals surface area (Å²) in [4.78, 5) is 52.1. The van der Waals surface area contributed by atoms with Gasteiger partial charge in [0, 0.05) is 44.6 Å². The smallest absolute Gasteiger partial charge is 0.256 e. The number of benzene rings is 3. The maximum atomic E-state index is 13.6. The number of ether oxygens (including phenoxy) is 2. The van der Waals surface area contributed by atoms with Gasteiger partial charge in [0.2, 0.25) is 0 Å². The Hall–Kier alpha value is -5.91. The summed E-state index contributed by atoms with van der Waals surface area (Å²) in [5.41, 5.74) is 7.16. The molecule has 0 saturated carbocycles. The van der Waals surface area contributed by atoms with Crippen LogP contribution in [0.2, 0.25) is 0 Å². The standard InChI is InChI=1S/C43H43N7O4/c1-53-38(30-11-5-3-6-12-30)42(51)49-23-9-15-36(49)40-45-26-34(47-40)29-19-17-28(18-20-29)33-22-21-32(25-44-33)35-27-46-41(48-35)37-16-10-24-50(37)43(52)39(54-2)31-13-7-4-8-14-31/h3-8,11-14,17-22,25-27,36-39H,9-10,15-16,23-24H2,1-2H3,(H,45,47)(H,46,48)/t36-,37-,38?,39?/m0/s1. The Labute approximate surface area is 314 Å². The lowest BCUT2D eigenvalue weighted by atomic mass is 10.1. The Bertz CT molecular complexity index is 2030. The highest BCUT2D eigenvalue weighted by Crippen LogP contribution is 2.36. The number of nitrogens with one attached hydrogen (secondary N) is 2. The third-order valence-electron chi connectivity index (χ3n) is 10.6. The SMILES string of the molecule is COC(C(=O)N1CCC[C@H]1c1ncc(-c2ccc(-c3ccc(-c4cnc([C@@H]5CCCN5C(=O)C(OC)c5ccccc5)[nH]4)cn3)cc2)[nH]1)c1ccccc1. The molecule has 54 heavy (non-hydrogen) atoms. The average molecular weight is 722 g/mol.